The zero-order chi connectivity index (χ0) is 13.9. The molecular weight excluding hydrogens is 328 g/mol. The maximum absolute atomic E-state index is 11.9. The highest BCUT2D eigenvalue weighted by atomic mass is 79.9. The number of sulfonamides is 1. The van der Waals surface area contributed by atoms with E-state index in [0.29, 0.717) is 18.2 Å². The molecular formula is C13H19BrN2O2S. The van der Waals surface area contributed by atoms with Gasteiger partial charge in [0.1, 0.15) is 0 Å². The van der Waals surface area contributed by atoms with Gasteiger partial charge in [0, 0.05) is 16.2 Å². The van der Waals surface area contributed by atoms with Gasteiger partial charge in [-0.05, 0) is 56.5 Å². The number of benzene rings is 1. The predicted octanol–water partition coefficient (Wildman–Crippen LogP) is 2.64. The van der Waals surface area contributed by atoms with Crippen molar-refractivity contribution in [2.24, 2.45) is 0 Å². The van der Waals surface area contributed by atoms with E-state index in [4.69, 9.17) is 0 Å². The van der Waals surface area contributed by atoms with E-state index in [9.17, 15) is 8.42 Å². The summed E-state index contributed by atoms with van der Waals surface area (Å²) in [4.78, 5) is 0. The van der Waals surface area contributed by atoms with Crippen molar-refractivity contribution in [3.8, 4) is 0 Å². The van der Waals surface area contributed by atoms with Crippen LogP contribution in [0.3, 0.4) is 0 Å². The first-order valence-corrected chi connectivity index (χ1v) is 8.91. The van der Waals surface area contributed by atoms with Crippen molar-refractivity contribution in [2.75, 3.05) is 17.0 Å². The Morgan fingerprint density at radius 3 is 2.74 bits per heavy atom. The van der Waals surface area contributed by atoms with Crippen molar-refractivity contribution in [2.45, 2.75) is 32.2 Å². The van der Waals surface area contributed by atoms with Gasteiger partial charge >= 0.3 is 0 Å². The molecule has 0 spiro atoms. The monoisotopic (exact) mass is 346 g/mol. The minimum atomic E-state index is -3.25. The molecule has 4 nitrogen and oxygen atoms in total. The smallest absolute Gasteiger partial charge is 0.232 e. The molecule has 1 aliphatic carbocycles. The van der Waals surface area contributed by atoms with E-state index in [2.05, 4.69) is 26.0 Å². The van der Waals surface area contributed by atoms with E-state index in [-0.39, 0.29) is 5.75 Å². The van der Waals surface area contributed by atoms with Gasteiger partial charge in [-0.1, -0.05) is 15.9 Å². The second-order valence-corrected chi connectivity index (χ2v) is 7.66. The maximum atomic E-state index is 11.9. The van der Waals surface area contributed by atoms with E-state index in [1.54, 1.807) is 6.07 Å². The lowest BCUT2D eigenvalue weighted by Crippen LogP contribution is -2.23. The van der Waals surface area contributed by atoms with Crippen molar-refractivity contribution in [3.05, 3.63) is 28.2 Å². The fraction of sp³-hybridized carbons (Fsp3) is 0.538. The molecule has 0 amide bonds. The molecule has 0 unspecified atom stereocenters. The molecule has 19 heavy (non-hydrogen) atoms. The van der Waals surface area contributed by atoms with Gasteiger partial charge in [0.15, 0.2) is 0 Å². The fourth-order valence-electron chi connectivity index (χ4n) is 1.79. The summed E-state index contributed by atoms with van der Waals surface area (Å²) in [6.07, 6.45) is 3.09. The molecule has 1 aromatic rings. The van der Waals surface area contributed by atoms with E-state index < -0.39 is 10.0 Å². The lowest BCUT2D eigenvalue weighted by molar-refractivity contribution is 0.593. The van der Waals surface area contributed by atoms with Gasteiger partial charge in [-0.3, -0.25) is 4.72 Å². The van der Waals surface area contributed by atoms with Crippen LogP contribution in [0.1, 0.15) is 24.8 Å². The average Bonchev–Trinajstić information content (AvgIpc) is 3.13. The molecule has 1 saturated carbocycles. The second-order valence-electron chi connectivity index (χ2n) is 4.97. The van der Waals surface area contributed by atoms with Gasteiger partial charge < -0.3 is 5.32 Å². The normalized spacial score (nSPS) is 15.5. The van der Waals surface area contributed by atoms with E-state index >= 15 is 0 Å². The third kappa shape index (κ3) is 5.12. The standard InChI is InChI=1S/C13H19BrN2O2S/c1-10-9-12(5-6-13(10)14)16-19(17,18)8-2-7-15-11-3-4-11/h5-6,9,11,15-16H,2-4,7-8H2,1H3. The van der Waals surface area contributed by atoms with Crippen molar-refractivity contribution in [3.63, 3.8) is 0 Å². The van der Waals surface area contributed by atoms with Crippen LogP contribution in [0.5, 0.6) is 0 Å². The number of rotatable bonds is 7. The number of aryl methyl sites for hydroxylation is 1. The van der Waals surface area contributed by atoms with Gasteiger partial charge in [-0.15, -0.1) is 0 Å². The third-order valence-corrected chi connectivity index (χ3v) is 5.29. The summed E-state index contributed by atoms with van der Waals surface area (Å²) in [6, 6.07) is 6.06. The fourth-order valence-corrected chi connectivity index (χ4v) is 3.15. The molecule has 6 heteroatoms. The number of halogens is 1. The van der Waals surface area contributed by atoms with Gasteiger partial charge in [0.25, 0.3) is 0 Å². The summed E-state index contributed by atoms with van der Waals surface area (Å²) in [5, 5.41) is 3.31. The Kier molecular flexibility index (Phi) is 4.86. The summed E-state index contributed by atoms with van der Waals surface area (Å²) in [7, 11) is -3.25. The Morgan fingerprint density at radius 1 is 1.37 bits per heavy atom. The van der Waals surface area contributed by atoms with Crippen LogP contribution in [0.15, 0.2) is 22.7 Å². The van der Waals surface area contributed by atoms with Crippen LogP contribution in [-0.4, -0.2) is 26.8 Å². The van der Waals surface area contributed by atoms with Gasteiger partial charge in [-0.2, -0.15) is 0 Å². The summed E-state index contributed by atoms with van der Waals surface area (Å²) in [5.41, 5.74) is 1.63. The number of nitrogens with one attached hydrogen (secondary N) is 2. The Hall–Kier alpha value is -0.590. The molecule has 1 aliphatic rings. The van der Waals surface area contributed by atoms with Crippen molar-refractivity contribution in [1.29, 1.82) is 0 Å². The maximum Gasteiger partial charge on any atom is 0.232 e. The summed E-state index contributed by atoms with van der Waals surface area (Å²) < 4.78 is 27.4. The Bertz CT molecular complexity index is 542. The van der Waals surface area contributed by atoms with Crippen LogP contribution in [0.25, 0.3) is 0 Å². The molecule has 0 heterocycles. The SMILES string of the molecule is Cc1cc(NS(=O)(=O)CCCNC2CC2)ccc1Br. The van der Waals surface area contributed by atoms with E-state index in [0.717, 1.165) is 16.6 Å². The summed E-state index contributed by atoms with van der Waals surface area (Å²) in [6.45, 7) is 2.70. The Morgan fingerprint density at radius 2 is 2.11 bits per heavy atom. The highest BCUT2D eigenvalue weighted by Crippen LogP contribution is 2.21. The second kappa shape index (κ2) is 6.24. The topological polar surface area (TPSA) is 58.2 Å². The van der Waals surface area contributed by atoms with E-state index in [1.807, 2.05) is 19.1 Å². The summed E-state index contributed by atoms with van der Waals surface area (Å²) in [5.74, 6) is 0.155. The van der Waals surface area contributed by atoms with Crippen LogP contribution in [0.2, 0.25) is 0 Å². The minimum absolute atomic E-state index is 0.155. The first kappa shape index (κ1) is 14.8. The lowest BCUT2D eigenvalue weighted by atomic mass is 10.2. The van der Waals surface area contributed by atoms with Crippen LogP contribution in [-0.2, 0) is 10.0 Å². The van der Waals surface area contributed by atoms with Crippen LogP contribution in [0.4, 0.5) is 5.69 Å². The highest BCUT2D eigenvalue weighted by molar-refractivity contribution is 9.10. The first-order valence-electron chi connectivity index (χ1n) is 6.46. The number of hydrogen-bond donors (Lipinski definition) is 2. The van der Waals surface area contributed by atoms with Crippen molar-refractivity contribution < 1.29 is 8.42 Å². The van der Waals surface area contributed by atoms with Crippen molar-refractivity contribution >= 4 is 31.6 Å². The van der Waals surface area contributed by atoms with Crippen LogP contribution >= 0.6 is 15.9 Å². The molecule has 0 atom stereocenters. The molecule has 0 saturated heterocycles. The molecule has 2 rings (SSSR count). The van der Waals surface area contributed by atoms with Crippen LogP contribution in [0, 0.1) is 6.92 Å². The largest absolute Gasteiger partial charge is 0.314 e. The number of hydrogen-bond acceptors (Lipinski definition) is 3. The predicted molar refractivity (Wildman–Crippen MR) is 81.9 cm³/mol. The lowest BCUT2D eigenvalue weighted by Gasteiger charge is -2.09. The van der Waals surface area contributed by atoms with Crippen LogP contribution < -0.4 is 10.0 Å². The zero-order valence-electron chi connectivity index (χ0n) is 10.9. The highest BCUT2D eigenvalue weighted by Gasteiger charge is 2.20. The molecule has 0 bridgehead atoms. The van der Waals surface area contributed by atoms with E-state index in [1.165, 1.54) is 12.8 Å². The molecule has 1 fully saturated rings. The zero-order valence-corrected chi connectivity index (χ0v) is 13.4. The Balaban J connectivity index is 1.82. The molecule has 0 radical (unpaired) electrons. The third-order valence-electron chi connectivity index (χ3n) is 3.03. The first-order chi connectivity index (χ1) is 8.96. The molecule has 106 valence electrons. The van der Waals surface area contributed by atoms with Gasteiger partial charge in [0.2, 0.25) is 10.0 Å². The molecule has 1 aromatic carbocycles. The van der Waals surface area contributed by atoms with Gasteiger partial charge in [0.05, 0.1) is 5.75 Å². The minimum Gasteiger partial charge on any atom is -0.314 e. The average molecular weight is 347 g/mol. The van der Waals surface area contributed by atoms with Crippen molar-refractivity contribution in [1.82, 2.24) is 5.32 Å². The summed E-state index contributed by atoms with van der Waals surface area (Å²) >= 11 is 3.39. The molecule has 2 N–H and O–H groups in total. The quantitative estimate of drug-likeness (QED) is 0.746. The molecule has 0 aromatic heterocycles. The Labute approximate surface area is 123 Å². The number of anilines is 1. The molecule has 0 aliphatic heterocycles. The van der Waals surface area contributed by atoms with Gasteiger partial charge in [-0.25, -0.2) is 8.42 Å².